The summed E-state index contributed by atoms with van der Waals surface area (Å²) in [6.45, 7) is 7.62. The first-order valence-corrected chi connectivity index (χ1v) is 10.1. The molecule has 0 aromatic heterocycles. The number of nitrogens with zero attached hydrogens (tertiary/aromatic N) is 3. The minimum atomic E-state index is -0.575. The van der Waals surface area contributed by atoms with E-state index in [1.54, 1.807) is 24.0 Å². The molecule has 27 heavy (non-hydrogen) atoms. The molecule has 2 saturated heterocycles. The van der Waals surface area contributed by atoms with Gasteiger partial charge in [0.2, 0.25) is 0 Å². The van der Waals surface area contributed by atoms with Crippen molar-refractivity contribution in [3.63, 3.8) is 0 Å². The number of carbonyl (C=O) groups is 2. The second-order valence-electron chi connectivity index (χ2n) is 7.31. The number of ether oxygens (including phenoxy) is 1. The van der Waals surface area contributed by atoms with E-state index < -0.39 is 6.10 Å². The van der Waals surface area contributed by atoms with Gasteiger partial charge in [0.15, 0.2) is 6.10 Å². The van der Waals surface area contributed by atoms with Crippen LogP contribution in [0.25, 0.3) is 0 Å². The fraction of sp³-hybridized carbons (Fsp3) is 0.600. The van der Waals surface area contributed by atoms with E-state index in [-0.39, 0.29) is 11.9 Å². The van der Waals surface area contributed by atoms with Crippen molar-refractivity contribution in [2.24, 2.45) is 0 Å². The first-order valence-electron chi connectivity index (χ1n) is 9.71. The molecule has 2 aliphatic heterocycles. The Morgan fingerprint density at radius 2 is 1.56 bits per heavy atom. The van der Waals surface area contributed by atoms with Crippen molar-refractivity contribution in [3.05, 3.63) is 28.8 Å². The molecule has 1 aromatic rings. The molecular formula is C20H28ClN3O3. The monoisotopic (exact) mass is 393 g/mol. The highest BCUT2D eigenvalue weighted by atomic mass is 35.5. The van der Waals surface area contributed by atoms with E-state index in [9.17, 15) is 9.59 Å². The van der Waals surface area contributed by atoms with E-state index >= 15 is 0 Å². The highest BCUT2D eigenvalue weighted by Gasteiger charge is 2.30. The van der Waals surface area contributed by atoms with Crippen molar-refractivity contribution in [1.82, 2.24) is 14.7 Å². The predicted octanol–water partition coefficient (Wildman–Crippen LogP) is 3.17. The Bertz CT molecular complexity index is 683. The molecule has 2 fully saturated rings. The Hall–Kier alpha value is -1.95. The summed E-state index contributed by atoms with van der Waals surface area (Å²) in [5.41, 5.74) is 0.902. The molecule has 148 valence electrons. The van der Waals surface area contributed by atoms with Crippen molar-refractivity contribution in [1.29, 1.82) is 0 Å². The summed E-state index contributed by atoms with van der Waals surface area (Å²) in [6, 6.07) is 5.48. The number of rotatable bonds is 3. The van der Waals surface area contributed by atoms with Crippen LogP contribution in [0.15, 0.2) is 18.2 Å². The van der Waals surface area contributed by atoms with Crippen LogP contribution >= 0.6 is 11.6 Å². The van der Waals surface area contributed by atoms with E-state index in [2.05, 4.69) is 0 Å². The van der Waals surface area contributed by atoms with Crippen molar-refractivity contribution < 1.29 is 14.3 Å². The van der Waals surface area contributed by atoms with Gasteiger partial charge in [0.25, 0.3) is 5.91 Å². The number of aryl methyl sites for hydroxylation is 1. The number of carbonyl (C=O) groups excluding carboxylic acids is 2. The molecule has 1 aromatic carbocycles. The summed E-state index contributed by atoms with van der Waals surface area (Å²) in [7, 11) is 0. The Morgan fingerprint density at radius 3 is 2.19 bits per heavy atom. The number of likely N-dealkylation sites (tertiary alicyclic amines) is 1. The molecule has 0 bridgehead atoms. The number of halogens is 1. The van der Waals surface area contributed by atoms with Gasteiger partial charge >= 0.3 is 6.03 Å². The first kappa shape index (κ1) is 19.8. The summed E-state index contributed by atoms with van der Waals surface area (Å²) >= 11 is 5.97. The Kier molecular flexibility index (Phi) is 6.47. The zero-order valence-corrected chi connectivity index (χ0v) is 16.9. The maximum atomic E-state index is 12.7. The minimum absolute atomic E-state index is 0.0468. The second-order valence-corrected chi connectivity index (χ2v) is 7.75. The molecule has 1 unspecified atom stereocenters. The average Bonchev–Trinajstić information content (AvgIpc) is 2.69. The van der Waals surface area contributed by atoms with Crippen molar-refractivity contribution in [2.75, 3.05) is 39.3 Å². The standard InChI is InChI=1S/C20H28ClN3O3/c1-15-14-17(21)6-7-18(15)27-16(2)19(25)22-10-12-24(13-11-22)20(26)23-8-4-3-5-9-23/h6-7,14,16H,3-5,8-13H2,1-2H3. The summed E-state index contributed by atoms with van der Waals surface area (Å²) in [4.78, 5) is 30.9. The number of urea groups is 1. The number of piperazine rings is 1. The third-order valence-corrected chi connectivity index (χ3v) is 5.51. The van der Waals surface area contributed by atoms with Crippen molar-refractivity contribution >= 4 is 23.5 Å². The van der Waals surface area contributed by atoms with Gasteiger partial charge in [-0.1, -0.05) is 11.6 Å². The predicted molar refractivity (Wildman–Crippen MR) is 105 cm³/mol. The molecule has 6 nitrogen and oxygen atoms in total. The molecule has 0 saturated carbocycles. The maximum absolute atomic E-state index is 12.7. The zero-order valence-electron chi connectivity index (χ0n) is 16.1. The maximum Gasteiger partial charge on any atom is 0.320 e. The highest BCUT2D eigenvalue weighted by Crippen LogP contribution is 2.23. The van der Waals surface area contributed by atoms with E-state index in [1.165, 1.54) is 6.42 Å². The summed E-state index contributed by atoms with van der Waals surface area (Å²) in [5.74, 6) is 0.619. The summed E-state index contributed by atoms with van der Waals surface area (Å²) in [6.07, 6.45) is 2.80. The highest BCUT2D eigenvalue weighted by molar-refractivity contribution is 6.30. The molecule has 0 N–H and O–H groups in total. The van der Waals surface area contributed by atoms with Crippen LogP contribution in [-0.4, -0.2) is 72.0 Å². The first-order chi connectivity index (χ1) is 13.0. The summed E-state index contributed by atoms with van der Waals surface area (Å²) in [5, 5.41) is 0.647. The molecule has 3 rings (SSSR count). The third kappa shape index (κ3) is 4.86. The van der Waals surface area contributed by atoms with Gasteiger partial charge in [-0.15, -0.1) is 0 Å². The zero-order chi connectivity index (χ0) is 19.4. The number of amides is 3. The van der Waals surface area contributed by atoms with Crippen LogP contribution in [-0.2, 0) is 4.79 Å². The van der Waals surface area contributed by atoms with Crippen LogP contribution in [0.1, 0.15) is 31.7 Å². The number of piperidine rings is 1. The fourth-order valence-electron chi connectivity index (χ4n) is 3.65. The van der Waals surface area contributed by atoms with Gasteiger partial charge in [-0.05, 0) is 56.9 Å². The van der Waals surface area contributed by atoms with E-state index in [4.69, 9.17) is 16.3 Å². The Balaban J connectivity index is 1.50. The van der Waals surface area contributed by atoms with E-state index in [0.717, 1.165) is 31.5 Å². The number of hydrogen-bond acceptors (Lipinski definition) is 3. The van der Waals surface area contributed by atoms with Gasteiger partial charge in [0.1, 0.15) is 5.75 Å². The molecule has 0 radical (unpaired) electrons. The van der Waals surface area contributed by atoms with Crippen LogP contribution in [0.5, 0.6) is 5.75 Å². The lowest BCUT2D eigenvalue weighted by Gasteiger charge is -2.39. The Labute approximate surface area is 166 Å². The SMILES string of the molecule is Cc1cc(Cl)ccc1OC(C)C(=O)N1CCN(C(=O)N2CCCCC2)CC1. The molecule has 7 heteroatoms. The number of benzene rings is 1. The molecular weight excluding hydrogens is 366 g/mol. The Morgan fingerprint density at radius 1 is 0.963 bits per heavy atom. The lowest BCUT2D eigenvalue weighted by molar-refractivity contribution is -0.139. The van der Waals surface area contributed by atoms with Gasteiger partial charge in [-0.25, -0.2) is 4.79 Å². The molecule has 0 aliphatic carbocycles. The second kappa shape index (κ2) is 8.83. The lowest BCUT2D eigenvalue weighted by atomic mass is 10.1. The van der Waals surface area contributed by atoms with E-state index in [0.29, 0.717) is 37.0 Å². The van der Waals surface area contributed by atoms with Crippen LogP contribution in [0.2, 0.25) is 5.02 Å². The van der Waals surface area contributed by atoms with Crippen LogP contribution in [0.4, 0.5) is 4.79 Å². The van der Waals surface area contributed by atoms with Gasteiger partial charge in [-0.2, -0.15) is 0 Å². The van der Waals surface area contributed by atoms with Gasteiger partial charge in [-0.3, -0.25) is 4.79 Å². The van der Waals surface area contributed by atoms with E-state index in [1.807, 2.05) is 22.8 Å². The average molecular weight is 394 g/mol. The van der Waals surface area contributed by atoms with Crippen LogP contribution in [0.3, 0.4) is 0 Å². The molecule has 2 heterocycles. The van der Waals surface area contributed by atoms with Gasteiger partial charge in [0, 0.05) is 44.3 Å². The molecule has 1 atom stereocenters. The molecule has 2 aliphatic rings. The smallest absolute Gasteiger partial charge is 0.320 e. The normalized spacial score (nSPS) is 19.0. The van der Waals surface area contributed by atoms with Crippen LogP contribution in [0, 0.1) is 6.92 Å². The van der Waals surface area contributed by atoms with Crippen molar-refractivity contribution in [3.8, 4) is 5.75 Å². The molecule has 3 amide bonds. The third-order valence-electron chi connectivity index (χ3n) is 5.28. The van der Waals surface area contributed by atoms with Crippen molar-refractivity contribution in [2.45, 2.75) is 39.2 Å². The van der Waals surface area contributed by atoms with Gasteiger partial charge < -0.3 is 19.4 Å². The van der Waals surface area contributed by atoms with Crippen LogP contribution < -0.4 is 4.74 Å². The minimum Gasteiger partial charge on any atom is -0.481 e. The lowest BCUT2D eigenvalue weighted by Crippen LogP contribution is -2.56. The largest absolute Gasteiger partial charge is 0.481 e. The molecule has 0 spiro atoms. The topological polar surface area (TPSA) is 53.1 Å². The number of hydrogen-bond donors (Lipinski definition) is 0. The fourth-order valence-corrected chi connectivity index (χ4v) is 3.87. The quantitative estimate of drug-likeness (QED) is 0.792. The summed E-state index contributed by atoms with van der Waals surface area (Å²) < 4.78 is 5.85. The van der Waals surface area contributed by atoms with Gasteiger partial charge in [0.05, 0.1) is 0 Å².